The van der Waals surface area contributed by atoms with E-state index in [0.717, 1.165) is 28.5 Å². The van der Waals surface area contributed by atoms with Crippen LogP contribution in [0.25, 0.3) is 10.8 Å². The van der Waals surface area contributed by atoms with Gasteiger partial charge < -0.3 is 10.4 Å². The Balaban J connectivity index is 1.80. The van der Waals surface area contributed by atoms with Crippen LogP contribution in [0.4, 0.5) is 8.78 Å². The van der Waals surface area contributed by atoms with Gasteiger partial charge in [0, 0.05) is 18.1 Å². The molecule has 0 unspecified atom stereocenters. The predicted octanol–water partition coefficient (Wildman–Crippen LogP) is 3.54. The van der Waals surface area contributed by atoms with Crippen molar-refractivity contribution in [3.63, 3.8) is 0 Å². The number of carbonyl (C=O) groups excluding carboxylic acids is 1. The van der Waals surface area contributed by atoms with E-state index in [1.807, 2.05) is 36.4 Å². The minimum atomic E-state index is -1.23. The van der Waals surface area contributed by atoms with Crippen molar-refractivity contribution in [2.45, 2.75) is 12.5 Å². The Morgan fingerprint density at radius 1 is 0.923 bits per heavy atom. The second kappa shape index (κ2) is 7.31. The van der Waals surface area contributed by atoms with Gasteiger partial charge in [0.15, 0.2) is 0 Å². The molecule has 6 heteroatoms. The van der Waals surface area contributed by atoms with Crippen molar-refractivity contribution < 1.29 is 23.5 Å². The summed E-state index contributed by atoms with van der Waals surface area (Å²) in [6, 6.07) is 14.2. The molecule has 26 heavy (non-hydrogen) atoms. The first-order valence-corrected chi connectivity index (χ1v) is 7.90. The number of amides is 1. The zero-order chi connectivity index (χ0) is 18.7. The maximum atomic E-state index is 13.2. The minimum absolute atomic E-state index is 0.0453. The van der Waals surface area contributed by atoms with Crippen molar-refractivity contribution in [1.29, 1.82) is 0 Å². The number of nitrogens with one attached hydrogen (secondary N) is 1. The van der Waals surface area contributed by atoms with Crippen LogP contribution < -0.4 is 5.32 Å². The molecule has 3 aromatic rings. The van der Waals surface area contributed by atoms with E-state index < -0.39 is 29.6 Å². The molecule has 0 heterocycles. The highest BCUT2D eigenvalue weighted by Gasteiger charge is 2.22. The molecular formula is C20H15F2NO3. The third-order valence-electron chi connectivity index (χ3n) is 3.98. The van der Waals surface area contributed by atoms with Crippen LogP contribution >= 0.6 is 0 Å². The van der Waals surface area contributed by atoms with Crippen molar-refractivity contribution in [2.75, 3.05) is 0 Å². The lowest BCUT2D eigenvalue weighted by atomic mass is 10.0. The van der Waals surface area contributed by atoms with Gasteiger partial charge in [-0.1, -0.05) is 42.5 Å². The number of hydrogen-bond donors (Lipinski definition) is 2. The van der Waals surface area contributed by atoms with Crippen molar-refractivity contribution >= 4 is 22.6 Å². The number of aliphatic carboxylic acids is 1. The SMILES string of the molecule is O=C(N[C@@H](Cc1ccc2ccccc2c1)C(=O)O)c1cc(F)cc(F)c1. The molecule has 0 aromatic heterocycles. The summed E-state index contributed by atoms with van der Waals surface area (Å²) in [6.45, 7) is 0. The molecule has 132 valence electrons. The van der Waals surface area contributed by atoms with E-state index in [0.29, 0.717) is 6.07 Å². The Bertz CT molecular complexity index is 967. The first-order valence-electron chi connectivity index (χ1n) is 7.90. The van der Waals surface area contributed by atoms with Gasteiger partial charge in [-0.2, -0.15) is 0 Å². The van der Waals surface area contributed by atoms with Crippen LogP contribution in [0, 0.1) is 11.6 Å². The molecule has 0 aliphatic carbocycles. The highest BCUT2D eigenvalue weighted by Crippen LogP contribution is 2.17. The average molecular weight is 355 g/mol. The van der Waals surface area contributed by atoms with Crippen LogP contribution in [0.3, 0.4) is 0 Å². The summed E-state index contributed by atoms with van der Waals surface area (Å²) in [5, 5.41) is 13.7. The van der Waals surface area contributed by atoms with Gasteiger partial charge in [-0.25, -0.2) is 13.6 Å². The Labute approximate surface area is 148 Å². The summed E-state index contributed by atoms with van der Waals surface area (Å²) in [7, 11) is 0. The zero-order valence-corrected chi connectivity index (χ0v) is 13.6. The first kappa shape index (κ1) is 17.5. The summed E-state index contributed by atoms with van der Waals surface area (Å²) in [6.07, 6.45) is 0.0453. The third kappa shape index (κ3) is 4.03. The van der Waals surface area contributed by atoms with Crippen molar-refractivity contribution in [3.05, 3.63) is 83.4 Å². The van der Waals surface area contributed by atoms with Crippen LogP contribution in [-0.4, -0.2) is 23.0 Å². The van der Waals surface area contributed by atoms with Crippen molar-refractivity contribution in [2.24, 2.45) is 0 Å². The molecule has 0 radical (unpaired) electrons. The zero-order valence-electron chi connectivity index (χ0n) is 13.6. The quantitative estimate of drug-likeness (QED) is 0.736. The molecule has 0 aliphatic heterocycles. The molecule has 4 nitrogen and oxygen atoms in total. The number of carboxylic acids is 1. The molecule has 0 saturated carbocycles. The highest BCUT2D eigenvalue weighted by molar-refractivity contribution is 5.96. The Morgan fingerprint density at radius 2 is 1.58 bits per heavy atom. The Morgan fingerprint density at radius 3 is 2.23 bits per heavy atom. The van der Waals surface area contributed by atoms with E-state index in [4.69, 9.17) is 0 Å². The van der Waals surface area contributed by atoms with Crippen LogP contribution in [0.5, 0.6) is 0 Å². The summed E-state index contributed by atoms with van der Waals surface area (Å²) >= 11 is 0. The minimum Gasteiger partial charge on any atom is -0.480 e. The summed E-state index contributed by atoms with van der Waals surface area (Å²) in [4.78, 5) is 23.7. The molecule has 2 N–H and O–H groups in total. The molecular weight excluding hydrogens is 340 g/mol. The van der Waals surface area contributed by atoms with Crippen LogP contribution in [0.2, 0.25) is 0 Å². The summed E-state index contributed by atoms with van der Waals surface area (Å²) in [5.41, 5.74) is 0.453. The summed E-state index contributed by atoms with van der Waals surface area (Å²) < 4.78 is 26.5. The average Bonchev–Trinajstić information content (AvgIpc) is 2.60. The molecule has 1 amide bonds. The Kier molecular flexibility index (Phi) is 4.93. The maximum absolute atomic E-state index is 13.2. The monoisotopic (exact) mass is 355 g/mol. The van der Waals surface area contributed by atoms with Gasteiger partial charge in [-0.15, -0.1) is 0 Å². The molecule has 0 aliphatic rings. The van der Waals surface area contributed by atoms with Crippen molar-refractivity contribution in [1.82, 2.24) is 5.32 Å². The largest absolute Gasteiger partial charge is 0.480 e. The number of benzene rings is 3. The number of halogens is 2. The normalized spacial score (nSPS) is 11.9. The number of carboxylic acid groups (broad SMARTS) is 1. The molecule has 3 rings (SSSR count). The topological polar surface area (TPSA) is 66.4 Å². The Hall–Kier alpha value is -3.28. The van der Waals surface area contributed by atoms with Gasteiger partial charge in [0.1, 0.15) is 17.7 Å². The van der Waals surface area contributed by atoms with E-state index in [-0.39, 0.29) is 12.0 Å². The lowest BCUT2D eigenvalue weighted by Crippen LogP contribution is -2.42. The van der Waals surface area contributed by atoms with Crippen LogP contribution in [-0.2, 0) is 11.2 Å². The molecule has 3 aromatic carbocycles. The smallest absolute Gasteiger partial charge is 0.326 e. The van der Waals surface area contributed by atoms with Gasteiger partial charge in [0.05, 0.1) is 0 Å². The molecule has 1 atom stereocenters. The standard InChI is InChI=1S/C20H15F2NO3/c21-16-9-15(10-17(22)11-16)19(24)23-18(20(25)26)8-12-5-6-13-3-1-2-4-14(13)7-12/h1-7,9-11,18H,8H2,(H,23,24)(H,25,26)/t18-/m0/s1. The van der Waals surface area contributed by atoms with Gasteiger partial charge in [0.2, 0.25) is 0 Å². The number of hydrogen-bond acceptors (Lipinski definition) is 2. The first-order chi connectivity index (χ1) is 12.4. The van der Waals surface area contributed by atoms with E-state index in [1.165, 1.54) is 0 Å². The van der Waals surface area contributed by atoms with Crippen molar-refractivity contribution in [3.8, 4) is 0 Å². The predicted molar refractivity (Wildman–Crippen MR) is 92.9 cm³/mol. The van der Waals surface area contributed by atoms with Crippen LogP contribution in [0.15, 0.2) is 60.7 Å². The van der Waals surface area contributed by atoms with Gasteiger partial charge in [0.25, 0.3) is 5.91 Å². The number of fused-ring (bicyclic) bond motifs is 1. The molecule has 0 saturated heterocycles. The van der Waals surface area contributed by atoms with E-state index in [9.17, 15) is 23.5 Å². The van der Waals surface area contributed by atoms with Gasteiger partial charge >= 0.3 is 5.97 Å². The third-order valence-corrected chi connectivity index (χ3v) is 3.98. The lowest BCUT2D eigenvalue weighted by Gasteiger charge is -2.15. The summed E-state index contributed by atoms with van der Waals surface area (Å²) in [5.74, 6) is -3.90. The fourth-order valence-electron chi connectivity index (χ4n) is 2.73. The number of rotatable bonds is 5. The highest BCUT2D eigenvalue weighted by atomic mass is 19.1. The van der Waals surface area contributed by atoms with E-state index in [2.05, 4.69) is 5.32 Å². The molecule has 0 fully saturated rings. The fourth-order valence-corrected chi connectivity index (χ4v) is 2.73. The number of carbonyl (C=O) groups is 2. The van der Waals surface area contributed by atoms with Gasteiger partial charge in [-0.3, -0.25) is 4.79 Å². The maximum Gasteiger partial charge on any atom is 0.326 e. The second-order valence-corrected chi connectivity index (χ2v) is 5.91. The van der Waals surface area contributed by atoms with E-state index in [1.54, 1.807) is 6.07 Å². The van der Waals surface area contributed by atoms with E-state index >= 15 is 0 Å². The second-order valence-electron chi connectivity index (χ2n) is 5.91. The van der Waals surface area contributed by atoms with Gasteiger partial charge in [-0.05, 0) is 28.5 Å². The fraction of sp³-hybridized carbons (Fsp3) is 0.100. The van der Waals surface area contributed by atoms with Crippen LogP contribution in [0.1, 0.15) is 15.9 Å². The molecule has 0 spiro atoms. The molecule has 0 bridgehead atoms. The lowest BCUT2D eigenvalue weighted by molar-refractivity contribution is -0.139.